The van der Waals surface area contributed by atoms with Crippen molar-refractivity contribution in [3.63, 3.8) is 0 Å². The number of rotatable bonds is 6. The Balaban J connectivity index is 1.87. The van der Waals surface area contributed by atoms with E-state index in [0.717, 1.165) is 25.0 Å². The van der Waals surface area contributed by atoms with Crippen LogP contribution in [-0.2, 0) is 16.1 Å². The Morgan fingerprint density at radius 3 is 2.88 bits per heavy atom. The molecule has 0 spiro atoms. The molecular weight excluding hydrogens is 331 g/mol. The molecule has 128 valence electrons. The molecule has 1 aromatic carbocycles. The molecule has 1 unspecified atom stereocenters. The maximum atomic E-state index is 13.2. The van der Waals surface area contributed by atoms with E-state index in [1.807, 2.05) is 4.57 Å². The molecule has 1 saturated heterocycles. The van der Waals surface area contributed by atoms with Crippen molar-refractivity contribution < 1.29 is 13.9 Å². The highest BCUT2D eigenvalue weighted by Crippen LogP contribution is 2.26. The summed E-state index contributed by atoms with van der Waals surface area (Å²) in [6.45, 7) is 1.38. The van der Waals surface area contributed by atoms with Gasteiger partial charge in [0.05, 0.1) is 18.4 Å². The zero-order valence-corrected chi connectivity index (χ0v) is 14.2. The number of nitrogens with one attached hydrogen (secondary N) is 1. The maximum absolute atomic E-state index is 13.2. The van der Waals surface area contributed by atoms with Crippen molar-refractivity contribution in [3.8, 4) is 11.4 Å². The molecule has 1 fully saturated rings. The first-order valence-corrected chi connectivity index (χ1v) is 8.80. The zero-order valence-electron chi connectivity index (χ0n) is 13.4. The molecule has 1 atom stereocenters. The molecule has 2 heterocycles. The van der Waals surface area contributed by atoms with Gasteiger partial charge in [0.25, 0.3) is 0 Å². The molecule has 1 aliphatic rings. The van der Waals surface area contributed by atoms with Crippen LogP contribution < -0.4 is 5.32 Å². The molecule has 0 radical (unpaired) electrons. The van der Waals surface area contributed by atoms with Crippen molar-refractivity contribution in [3.05, 3.63) is 30.1 Å². The SMILES string of the molecule is CNC(=O)CSc1nnc(-c2ccc(F)cc2)n1CC1CCCO1. The zero-order chi connectivity index (χ0) is 16.9. The molecule has 1 aliphatic heterocycles. The summed E-state index contributed by atoms with van der Waals surface area (Å²) in [7, 11) is 1.60. The fraction of sp³-hybridized carbons (Fsp3) is 0.438. The third-order valence-electron chi connectivity index (χ3n) is 3.84. The van der Waals surface area contributed by atoms with E-state index in [2.05, 4.69) is 15.5 Å². The van der Waals surface area contributed by atoms with Gasteiger partial charge in [-0.3, -0.25) is 9.36 Å². The lowest BCUT2D eigenvalue weighted by Gasteiger charge is -2.14. The Kier molecular flexibility index (Phi) is 5.47. The van der Waals surface area contributed by atoms with Crippen LogP contribution in [0.25, 0.3) is 11.4 Å². The Morgan fingerprint density at radius 2 is 2.21 bits per heavy atom. The lowest BCUT2D eigenvalue weighted by atomic mass is 10.2. The summed E-state index contributed by atoms with van der Waals surface area (Å²) in [4.78, 5) is 11.5. The normalized spacial score (nSPS) is 17.2. The van der Waals surface area contributed by atoms with Crippen molar-refractivity contribution in [2.75, 3.05) is 19.4 Å². The first kappa shape index (κ1) is 16.9. The van der Waals surface area contributed by atoms with E-state index >= 15 is 0 Å². The van der Waals surface area contributed by atoms with Gasteiger partial charge in [-0.15, -0.1) is 10.2 Å². The Bertz CT molecular complexity index is 699. The van der Waals surface area contributed by atoms with Gasteiger partial charge in [-0.1, -0.05) is 11.8 Å². The van der Waals surface area contributed by atoms with Crippen LogP contribution in [0.15, 0.2) is 29.4 Å². The summed E-state index contributed by atoms with van der Waals surface area (Å²) in [6.07, 6.45) is 2.14. The van der Waals surface area contributed by atoms with Gasteiger partial charge in [0, 0.05) is 19.2 Å². The first-order chi connectivity index (χ1) is 11.7. The summed E-state index contributed by atoms with van der Waals surface area (Å²) >= 11 is 1.33. The summed E-state index contributed by atoms with van der Waals surface area (Å²) < 4.78 is 20.8. The van der Waals surface area contributed by atoms with Gasteiger partial charge in [0.1, 0.15) is 5.82 Å². The van der Waals surface area contributed by atoms with Crippen LogP contribution >= 0.6 is 11.8 Å². The largest absolute Gasteiger partial charge is 0.376 e. The molecule has 8 heteroatoms. The summed E-state index contributed by atoms with van der Waals surface area (Å²) in [5, 5.41) is 11.7. The number of amides is 1. The predicted molar refractivity (Wildman–Crippen MR) is 89.2 cm³/mol. The summed E-state index contributed by atoms with van der Waals surface area (Å²) in [5.41, 5.74) is 0.786. The van der Waals surface area contributed by atoms with Crippen LogP contribution in [0.3, 0.4) is 0 Å². The standard InChI is InChI=1S/C16H19FN4O2S/c1-18-14(22)10-24-16-20-19-15(11-4-6-12(17)7-5-11)21(16)9-13-3-2-8-23-13/h4-7,13H,2-3,8-10H2,1H3,(H,18,22). The van der Waals surface area contributed by atoms with Gasteiger partial charge in [0.15, 0.2) is 11.0 Å². The fourth-order valence-corrected chi connectivity index (χ4v) is 3.39. The van der Waals surface area contributed by atoms with E-state index in [1.165, 1.54) is 23.9 Å². The number of ether oxygens (including phenoxy) is 1. The smallest absolute Gasteiger partial charge is 0.230 e. The fourth-order valence-electron chi connectivity index (χ4n) is 2.57. The van der Waals surface area contributed by atoms with Crippen LogP contribution in [0.1, 0.15) is 12.8 Å². The highest BCUT2D eigenvalue weighted by atomic mass is 32.2. The quantitative estimate of drug-likeness (QED) is 0.808. The average Bonchev–Trinajstić information content (AvgIpc) is 3.24. The minimum absolute atomic E-state index is 0.0741. The number of nitrogens with zero attached hydrogens (tertiary/aromatic N) is 3. The van der Waals surface area contributed by atoms with Crippen LogP contribution in [-0.4, -0.2) is 46.2 Å². The number of hydrogen-bond donors (Lipinski definition) is 1. The second kappa shape index (κ2) is 7.76. The minimum atomic E-state index is -0.293. The van der Waals surface area contributed by atoms with Gasteiger partial charge in [-0.25, -0.2) is 4.39 Å². The van der Waals surface area contributed by atoms with Crippen molar-refractivity contribution in [2.24, 2.45) is 0 Å². The highest BCUT2D eigenvalue weighted by Gasteiger charge is 2.22. The van der Waals surface area contributed by atoms with E-state index in [0.29, 0.717) is 17.5 Å². The Labute approximate surface area is 143 Å². The molecule has 6 nitrogen and oxygen atoms in total. The maximum Gasteiger partial charge on any atom is 0.230 e. The van der Waals surface area contributed by atoms with Crippen molar-refractivity contribution >= 4 is 17.7 Å². The van der Waals surface area contributed by atoms with E-state index < -0.39 is 0 Å². The second-order valence-corrected chi connectivity index (χ2v) is 6.46. The predicted octanol–water partition coefficient (Wildman–Crippen LogP) is 2.10. The number of benzene rings is 1. The van der Waals surface area contributed by atoms with Gasteiger partial charge in [-0.05, 0) is 37.1 Å². The summed E-state index contributed by atoms with van der Waals surface area (Å²) in [5.74, 6) is 0.557. The number of halogens is 1. The van der Waals surface area contributed by atoms with Crippen LogP contribution in [0.4, 0.5) is 4.39 Å². The Morgan fingerprint density at radius 1 is 1.42 bits per heavy atom. The number of carbonyl (C=O) groups is 1. The lowest BCUT2D eigenvalue weighted by Crippen LogP contribution is -2.21. The molecule has 0 bridgehead atoms. The number of thioether (sulfide) groups is 1. The van der Waals surface area contributed by atoms with Gasteiger partial charge in [-0.2, -0.15) is 0 Å². The van der Waals surface area contributed by atoms with Crippen molar-refractivity contribution in [1.29, 1.82) is 0 Å². The average molecular weight is 350 g/mol. The molecule has 1 amide bonds. The molecule has 1 N–H and O–H groups in total. The van der Waals surface area contributed by atoms with Gasteiger partial charge >= 0.3 is 0 Å². The highest BCUT2D eigenvalue weighted by molar-refractivity contribution is 7.99. The van der Waals surface area contributed by atoms with Crippen molar-refractivity contribution in [1.82, 2.24) is 20.1 Å². The van der Waals surface area contributed by atoms with E-state index in [1.54, 1.807) is 19.2 Å². The van der Waals surface area contributed by atoms with Gasteiger partial charge in [0.2, 0.25) is 5.91 Å². The topological polar surface area (TPSA) is 69.0 Å². The van der Waals surface area contributed by atoms with E-state index in [4.69, 9.17) is 4.74 Å². The monoisotopic (exact) mass is 350 g/mol. The van der Waals surface area contributed by atoms with Crippen LogP contribution in [0.5, 0.6) is 0 Å². The third-order valence-corrected chi connectivity index (χ3v) is 4.81. The molecule has 2 aromatic rings. The number of hydrogen-bond acceptors (Lipinski definition) is 5. The molecular formula is C16H19FN4O2S. The molecule has 3 rings (SSSR count). The molecule has 1 aromatic heterocycles. The van der Waals surface area contributed by atoms with Crippen molar-refractivity contribution in [2.45, 2.75) is 30.6 Å². The summed E-state index contributed by atoms with van der Waals surface area (Å²) in [6, 6.07) is 6.16. The van der Waals surface area contributed by atoms with Crippen LogP contribution in [0, 0.1) is 5.82 Å². The lowest BCUT2D eigenvalue weighted by molar-refractivity contribution is -0.118. The third kappa shape index (κ3) is 3.93. The molecule has 0 saturated carbocycles. The molecule has 24 heavy (non-hydrogen) atoms. The van der Waals surface area contributed by atoms with E-state index in [-0.39, 0.29) is 23.6 Å². The number of aromatic nitrogens is 3. The van der Waals surface area contributed by atoms with Gasteiger partial charge < -0.3 is 10.1 Å². The number of carbonyl (C=O) groups excluding carboxylic acids is 1. The van der Waals surface area contributed by atoms with E-state index in [9.17, 15) is 9.18 Å². The Hall–Kier alpha value is -1.93. The molecule has 0 aliphatic carbocycles. The minimum Gasteiger partial charge on any atom is -0.376 e. The first-order valence-electron chi connectivity index (χ1n) is 7.81. The van der Waals surface area contributed by atoms with Crippen LogP contribution in [0.2, 0.25) is 0 Å². The second-order valence-electron chi connectivity index (χ2n) is 5.52.